The molecule has 46 heavy (non-hydrogen) atoms. The number of rotatable bonds is 36. The average Bonchev–Trinajstić information content (AvgIpc) is 3.49. The van der Waals surface area contributed by atoms with Gasteiger partial charge < -0.3 is 14.7 Å². The molecule has 0 radical (unpaired) electrons. The standard InChI is InChI=1S/C40H76N2O4/c1-2-3-4-5-6-20-25-30-37-46-40(45)33-28-23-18-14-8-7-11-15-19-24-29-35-42-36-34-41-38(42)31-26-21-16-12-9-10-13-17-22-27-32-39(43)44/h2-37H2,1H3,(H,43,44). The summed E-state index contributed by atoms with van der Waals surface area (Å²) in [6.45, 7) is 6.18. The maximum atomic E-state index is 11.9. The molecule has 0 saturated heterocycles. The highest BCUT2D eigenvalue weighted by Gasteiger charge is 2.15. The number of aliphatic carboxylic acids is 1. The Morgan fingerprint density at radius 3 is 1.54 bits per heavy atom. The second kappa shape index (κ2) is 33.3. The lowest BCUT2D eigenvalue weighted by Crippen LogP contribution is -2.28. The molecule has 0 amide bonds. The molecule has 0 unspecified atom stereocenters. The second-order valence-corrected chi connectivity index (χ2v) is 14.0. The van der Waals surface area contributed by atoms with Crippen molar-refractivity contribution >= 4 is 17.8 Å². The van der Waals surface area contributed by atoms with Crippen molar-refractivity contribution in [1.29, 1.82) is 0 Å². The molecule has 1 aliphatic heterocycles. The number of carboxylic acids is 1. The van der Waals surface area contributed by atoms with Gasteiger partial charge in [0.05, 0.1) is 19.0 Å². The molecule has 1 rings (SSSR count). The van der Waals surface area contributed by atoms with Crippen LogP contribution in [0.4, 0.5) is 0 Å². The predicted octanol–water partition coefficient (Wildman–Crippen LogP) is 11.8. The largest absolute Gasteiger partial charge is 0.481 e. The van der Waals surface area contributed by atoms with Crippen LogP contribution >= 0.6 is 0 Å². The van der Waals surface area contributed by atoms with E-state index in [0.29, 0.717) is 19.4 Å². The zero-order chi connectivity index (χ0) is 33.2. The fraction of sp³-hybridized carbons (Fsp3) is 0.925. The number of carbonyl (C=O) groups excluding carboxylic acids is 1. The van der Waals surface area contributed by atoms with Gasteiger partial charge in [-0.05, 0) is 32.1 Å². The predicted molar refractivity (Wildman–Crippen MR) is 196 cm³/mol. The van der Waals surface area contributed by atoms with Crippen LogP contribution in [0.5, 0.6) is 0 Å². The minimum absolute atomic E-state index is 0.00867. The molecule has 0 aromatic carbocycles. The van der Waals surface area contributed by atoms with Gasteiger partial charge in [0, 0.05) is 32.4 Å². The van der Waals surface area contributed by atoms with Gasteiger partial charge in [0.15, 0.2) is 0 Å². The number of amidine groups is 1. The topological polar surface area (TPSA) is 79.2 Å². The van der Waals surface area contributed by atoms with Crippen molar-refractivity contribution in [2.24, 2.45) is 4.99 Å². The van der Waals surface area contributed by atoms with Crippen LogP contribution in [0.25, 0.3) is 0 Å². The van der Waals surface area contributed by atoms with Gasteiger partial charge in [-0.3, -0.25) is 14.6 Å². The summed E-state index contributed by atoms with van der Waals surface area (Å²) in [5, 5.41) is 8.68. The molecule has 6 heteroatoms. The lowest BCUT2D eigenvalue weighted by molar-refractivity contribution is -0.144. The van der Waals surface area contributed by atoms with Crippen molar-refractivity contribution < 1.29 is 19.4 Å². The van der Waals surface area contributed by atoms with E-state index in [9.17, 15) is 9.59 Å². The normalized spacial score (nSPS) is 13.0. The first-order chi connectivity index (χ1) is 22.6. The van der Waals surface area contributed by atoms with Gasteiger partial charge >= 0.3 is 11.9 Å². The van der Waals surface area contributed by atoms with Crippen molar-refractivity contribution in [3.05, 3.63) is 0 Å². The van der Waals surface area contributed by atoms with Gasteiger partial charge in [-0.2, -0.15) is 0 Å². The van der Waals surface area contributed by atoms with Crippen molar-refractivity contribution in [3.63, 3.8) is 0 Å². The fourth-order valence-electron chi connectivity index (χ4n) is 6.64. The zero-order valence-electron chi connectivity index (χ0n) is 30.5. The first-order valence-corrected chi connectivity index (χ1v) is 20.3. The Hall–Kier alpha value is -1.59. The third-order valence-electron chi connectivity index (χ3n) is 9.64. The van der Waals surface area contributed by atoms with Gasteiger partial charge in [0.2, 0.25) is 0 Å². The van der Waals surface area contributed by atoms with E-state index in [1.54, 1.807) is 0 Å². The van der Waals surface area contributed by atoms with Gasteiger partial charge in [-0.25, -0.2) is 0 Å². The molecule has 1 N–H and O–H groups in total. The van der Waals surface area contributed by atoms with Gasteiger partial charge in [0.1, 0.15) is 0 Å². The Bertz CT molecular complexity index is 726. The molecule has 0 aromatic heterocycles. The van der Waals surface area contributed by atoms with Gasteiger partial charge in [-0.15, -0.1) is 0 Å². The summed E-state index contributed by atoms with van der Waals surface area (Å²) >= 11 is 0. The van der Waals surface area contributed by atoms with Gasteiger partial charge in [-0.1, -0.05) is 161 Å². The molecule has 270 valence electrons. The quantitative estimate of drug-likeness (QED) is 0.0540. The monoisotopic (exact) mass is 649 g/mol. The van der Waals surface area contributed by atoms with Crippen molar-refractivity contribution in [3.8, 4) is 0 Å². The summed E-state index contributed by atoms with van der Waals surface area (Å²) in [7, 11) is 0. The summed E-state index contributed by atoms with van der Waals surface area (Å²) in [5.74, 6) is 0.718. The molecule has 0 fully saturated rings. The summed E-state index contributed by atoms with van der Waals surface area (Å²) in [5.41, 5.74) is 0. The Kier molecular flexibility index (Phi) is 30.7. The first kappa shape index (κ1) is 42.4. The lowest BCUT2D eigenvalue weighted by atomic mass is 10.0. The van der Waals surface area contributed by atoms with Crippen LogP contribution in [0.15, 0.2) is 4.99 Å². The number of hydrogen-bond donors (Lipinski definition) is 1. The maximum absolute atomic E-state index is 11.9. The number of esters is 1. The average molecular weight is 649 g/mol. The minimum atomic E-state index is -0.663. The Labute approximate surface area is 285 Å². The van der Waals surface area contributed by atoms with Crippen molar-refractivity contribution in [2.45, 2.75) is 212 Å². The minimum Gasteiger partial charge on any atom is -0.481 e. The lowest BCUT2D eigenvalue weighted by Gasteiger charge is -2.20. The third-order valence-corrected chi connectivity index (χ3v) is 9.64. The van der Waals surface area contributed by atoms with E-state index in [2.05, 4.69) is 11.8 Å². The summed E-state index contributed by atoms with van der Waals surface area (Å²) in [6.07, 6.45) is 38.7. The molecule has 0 saturated carbocycles. The number of unbranched alkanes of at least 4 members (excludes halogenated alkanes) is 26. The first-order valence-electron chi connectivity index (χ1n) is 20.3. The number of carbonyl (C=O) groups is 2. The number of carboxylic acid groups (broad SMARTS) is 1. The van der Waals surface area contributed by atoms with Crippen LogP contribution < -0.4 is 0 Å². The number of hydrogen-bond acceptors (Lipinski definition) is 5. The zero-order valence-corrected chi connectivity index (χ0v) is 30.5. The molecule has 0 spiro atoms. The smallest absolute Gasteiger partial charge is 0.305 e. The summed E-state index contributed by atoms with van der Waals surface area (Å²) < 4.78 is 5.41. The Morgan fingerprint density at radius 2 is 1.02 bits per heavy atom. The highest BCUT2D eigenvalue weighted by atomic mass is 16.5. The number of nitrogens with zero attached hydrogens (tertiary/aromatic N) is 2. The van der Waals surface area contributed by atoms with E-state index in [0.717, 1.165) is 51.6 Å². The molecule has 0 aliphatic carbocycles. The fourth-order valence-corrected chi connectivity index (χ4v) is 6.64. The Morgan fingerprint density at radius 1 is 0.587 bits per heavy atom. The van der Waals surface area contributed by atoms with Crippen LogP contribution in [0.3, 0.4) is 0 Å². The van der Waals surface area contributed by atoms with E-state index < -0.39 is 5.97 Å². The summed E-state index contributed by atoms with van der Waals surface area (Å²) in [6, 6.07) is 0. The van der Waals surface area contributed by atoms with E-state index in [1.807, 2.05) is 0 Å². The van der Waals surface area contributed by atoms with Crippen molar-refractivity contribution in [1.82, 2.24) is 4.90 Å². The van der Waals surface area contributed by atoms with Crippen LogP contribution in [-0.2, 0) is 14.3 Å². The van der Waals surface area contributed by atoms with E-state index >= 15 is 0 Å². The molecule has 0 atom stereocenters. The van der Waals surface area contributed by atoms with E-state index in [4.69, 9.17) is 14.8 Å². The molecule has 6 nitrogen and oxygen atoms in total. The van der Waals surface area contributed by atoms with E-state index in [1.165, 1.54) is 166 Å². The van der Waals surface area contributed by atoms with Gasteiger partial charge in [0.25, 0.3) is 0 Å². The molecule has 1 heterocycles. The molecular weight excluding hydrogens is 572 g/mol. The van der Waals surface area contributed by atoms with Crippen molar-refractivity contribution in [2.75, 3.05) is 26.2 Å². The second-order valence-electron chi connectivity index (χ2n) is 14.0. The third kappa shape index (κ3) is 28.6. The molecule has 1 aliphatic rings. The SMILES string of the molecule is CCCCCCCCCCOC(=O)CCCCCCCCCCCCCN1CCN=C1CCCCCCCCCCCCC(=O)O. The Balaban J connectivity index is 1.80. The highest BCUT2D eigenvalue weighted by molar-refractivity contribution is 5.83. The highest BCUT2D eigenvalue weighted by Crippen LogP contribution is 2.16. The maximum Gasteiger partial charge on any atom is 0.305 e. The number of aliphatic imine (C=N–C) groups is 1. The van der Waals surface area contributed by atoms with Crippen LogP contribution in [0, 0.1) is 0 Å². The molecular formula is C40H76N2O4. The van der Waals surface area contributed by atoms with Crippen LogP contribution in [-0.4, -0.2) is 54.0 Å². The van der Waals surface area contributed by atoms with E-state index in [-0.39, 0.29) is 5.97 Å². The molecule has 0 aromatic rings. The number of ether oxygens (including phenoxy) is 1. The van der Waals surface area contributed by atoms with Crippen LogP contribution in [0.1, 0.15) is 212 Å². The summed E-state index contributed by atoms with van der Waals surface area (Å²) in [4.78, 5) is 29.8. The molecule has 0 bridgehead atoms. The van der Waals surface area contributed by atoms with Crippen LogP contribution in [0.2, 0.25) is 0 Å².